The lowest BCUT2D eigenvalue weighted by atomic mass is 9.86. The minimum absolute atomic E-state index is 0.304. The van der Waals surface area contributed by atoms with Gasteiger partial charge in [0.15, 0.2) is 0 Å². The zero-order chi connectivity index (χ0) is 31.6. The van der Waals surface area contributed by atoms with Crippen molar-refractivity contribution in [1.82, 2.24) is 0 Å². The molecule has 4 heteroatoms. The average Bonchev–Trinajstić information content (AvgIpc) is 3.09. The number of para-hydroxylation sites is 2. The highest BCUT2D eigenvalue weighted by Gasteiger charge is 2.21. The Morgan fingerprint density at radius 2 is 0.478 bits per heavy atom. The van der Waals surface area contributed by atoms with E-state index in [1.807, 2.05) is 146 Å². The van der Waals surface area contributed by atoms with Crippen LogP contribution in [0.5, 0.6) is 0 Å². The minimum Gasteiger partial charge on any atom is -0.398 e. The van der Waals surface area contributed by atoms with Crippen LogP contribution in [0.3, 0.4) is 0 Å². The van der Waals surface area contributed by atoms with Gasteiger partial charge in [-0.2, -0.15) is 0 Å². The maximum Gasteiger partial charge on any atom is 0.134 e. The quantitative estimate of drug-likeness (QED) is 0.187. The van der Waals surface area contributed by atoms with Crippen molar-refractivity contribution in [2.45, 2.75) is 0 Å². The first-order valence-electron chi connectivity index (χ1n) is 15.1. The third kappa shape index (κ3) is 5.20. The predicted octanol–water partition coefficient (Wildman–Crippen LogP) is 11.1. The van der Waals surface area contributed by atoms with Crippen LogP contribution in [0.1, 0.15) is 0 Å². The summed E-state index contributed by atoms with van der Waals surface area (Å²) in [7, 11) is 0. The molecular weight excluding hydrogens is 570 g/mol. The molecule has 0 saturated carbocycles. The molecule has 0 aromatic heterocycles. The summed E-state index contributed by atoms with van der Waals surface area (Å²) in [6.45, 7) is 0. The summed E-state index contributed by atoms with van der Waals surface area (Å²) >= 11 is 0. The third-order valence-electron chi connectivity index (χ3n) is 8.43. The van der Waals surface area contributed by atoms with Gasteiger partial charge in [0.2, 0.25) is 0 Å². The van der Waals surface area contributed by atoms with Gasteiger partial charge in [-0.1, -0.05) is 133 Å². The fraction of sp³-hybridized carbons (Fsp3) is 0. The molecule has 0 aliphatic carbocycles. The Morgan fingerprint density at radius 1 is 0.261 bits per heavy atom. The summed E-state index contributed by atoms with van der Waals surface area (Å²) in [5.41, 5.74) is 23.0. The van der Waals surface area contributed by atoms with Crippen LogP contribution < -0.4 is 11.5 Å². The molecule has 0 atom stereocenters. The number of rotatable bonds is 6. The van der Waals surface area contributed by atoms with Crippen LogP contribution in [-0.2, 0) is 0 Å². The number of nitrogens with two attached hydrogens (primary N) is 2. The average molecular weight is 601 g/mol. The summed E-state index contributed by atoms with van der Waals surface area (Å²) in [4.78, 5) is 0. The van der Waals surface area contributed by atoms with Crippen molar-refractivity contribution in [2.24, 2.45) is 0 Å². The van der Waals surface area contributed by atoms with Gasteiger partial charge >= 0.3 is 0 Å². The van der Waals surface area contributed by atoms with Crippen molar-refractivity contribution in [1.29, 1.82) is 0 Å². The van der Waals surface area contributed by atoms with Gasteiger partial charge in [0.25, 0.3) is 0 Å². The van der Waals surface area contributed by atoms with Gasteiger partial charge < -0.3 is 11.5 Å². The molecule has 0 fully saturated rings. The van der Waals surface area contributed by atoms with Crippen LogP contribution in [0.15, 0.2) is 158 Å². The van der Waals surface area contributed by atoms with Gasteiger partial charge in [-0.25, -0.2) is 8.78 Å². The van der Waals surface area contributed by atoms with Crippen molar-refractivity contribution < 1.29 is 8.78 Å². The molecular formula is C42H30F2N2. The van der Waals surface area contributed by atoms with Crippen molar-refractivity contribution in [3.8, 4) is 66.8 Å². The van der Waals surface area contributed by atoms with Gasteiger partial charge in [0.05, 0.1) is 0 Å². The predicted molar refractivity (Wildman–Crippen MR) is 188 cm³/mol. The first-order valence-corrected chi connectivity index (χ1v) is 15.1. The molecule has 0 heterocycles. The van der Waals surface area contributed by atoms with Crippen LogP contribution in [0.2, 0.25) is 0 Å². The summed E-state index contributed by atoms with van der Waals surface area (Å²) < 4.78 is 31.8. The molecule has 222 valence electrons. The normalized spacial score (nSPS) is 11.0. The smallest absolute Gasteiger partial charge is 0.134 e. The topological polar surface area (TPSA) is 52.0 Å². The van der Waals surface area contributed by atoms with E-state index in [0.717, 1.165) is 50.6 Å². The summed E-state index contributed by atoms with van der Waals surface area (Å²) in [5.74, 6) is -1.28. The number of hydrogen-bond donors (Lipinski definition) is 2. The summed E-state index contributed by atoms with van der Waals surface area (Å²) in [6.07, 6.45) is 0. The minimum atomic E-state index is -0.639. The lowest BCUT2D eigenvalue weighted by Gasteiger charge is -2.18. The number of nitrogen functional groups attached to an aromatic ring is 2. The lowest BCUT2D eigenvalue weighted by molar-refractivity contribution is 0.588. The number of anilines is 2. The van der Waals surface area contributed by atoms with Crippen molar-refractivity contribution in [3.05, 3.63) is 169 Å². The van der Waals surface area contributed by atoms with E-state index in [1.165, 1.54) is 0 Å². The molecule has 0 unspecified atom stereocenters. The van der Waals surface area contributed by atoms with Gasteiger partial charge in [0.1, 0.15) is 11.6 Å². The Balaban J connectivity index is 1.41. The Labute approximate surface area is 267 Å². The SMILES string of the molecule is Nc1ccccc1-c1ccccc1-c1ccccc1-c1cc(-c2ccccc2-c2ccccc2-c2ccccc2N)c(F)cc1F. The summed E-state index contributed by atoms with van der Waals surface area (Å²) in [6, 6.07) is 49.1. The van der Waals surface area contributed by atoms with Crippen LogP contribution >= 0.6 is 0 Å². The second kappa shape index (κ2) is 12.2. The van der Waals surface area contributed by atoms with E-state index in [9.17, 15) is 0 Å². The molecule has 46 heavy (non-hydrogen) atoms. The number of benzene rings is 7. The van der Waals surface area contributed by atoms with Gasteiger partial charge in [-0.05, 0) is 62.7 Å². The molecule has 7 aromatic rings. The van der Waals surface area contributed by atoms with E-state index in [1.54, 1.807) is 6.07 Å². The highest BCUT2D eigenvalue weighted by molar-refractivity contribution is 5.97. The maximum atomic E-state index is 15.9. The van der Waals surface area contributed by atoms with Gasteiger partial charge in [-0.3, -0.25) is 0 Å². The molecule has 0 aliphatic rings. The Hall–Kier alpha value is -6.00. The van der Waals surface area contributed by atoms with E-state index in [-0.39, 0.29) is 0 Å². The van der Waals surface area contributed by atoms with Crippen molar-refractivity contribution >= 4 is 11.4 Å². The number of halogens is 2. The molecule has 7 rings (SSSR count). The molecule has 7 aromatic carbocycles. The van der Waals surface area contributed by atoms with E-state index in [2.05, 4.69) is 0 Å². The second-order valence-corrected chi connectivity index (χ2v) is 11.2. The van der Waals surface area contributed by atoms with Crippen molar-refractivity contribution in [3.63, 3.8) is 0 Å². The first kappa shape index (κ1) is 28.8. The van der Waals surface area contributed by atoms with E-state index in [4.69, 9.17) is 11.5 Å². The van der Waals surface area contributed by atoms with Gasteiger partial charge in [-0.15, -0.1) is 0 Å². The largest absolute Gasteiger partial charge is 0.398 e. The number of hydrogen-bond acceptors (Lipinski definition) is 2. The Morgan fingerprint density at radius 3 is 0.761 bits per heavy atom. The zero-order valence-corrected chi connectivity index (χ0v) is 24.9. The van der Waals surface area contributed by atoms with Crippen LogP contribution in [0.4, 0.5) is 20.2 Å². The van der Waals surface area contributed by atoms with E-state index in [0.29, 0.717) is 33.6 Å². The van der Waals surface area contributed by atoms with Crippen LogP contribution in [0, 0.1) is 11.6 Å². The first-order chi connectivity index (χ1) is 22.5. The standard InChI is InChI=1S/C42H30F2N2/c43-39-26-40(44)38(34-20-8-4-16-30(34)28-14-2-6-18-32(28)36-22-10-12-24-42(36)46)25-37(39)33-19-7-3-15-29(33)27-13-1-5-17-31(27)35-21-9-11-23-41(35)45/h1-26H,45-46H2. The molecule has 0 amide bonds. The molecule has 0 aliphatic heterocycles. The molecule has 0 saturated heterocycles. The molecule has 2 nitrogen and oxygen atoms in total. The van der Waals surface area contributed by atoms with E-state index < -0.39 is 11.6 Å². The van der Waals surface area contributed by atoms with Crippen molar-refractivity contribution in [2.75, 3.05) is 11.5 Å². The lowest BCUT2D eigenvalue weighted by Crippen LogP contribution is -1.97. The highest BCUT2D eigenvalue weighted by atomic mass is 19.1. The summed E-state index contributed by atoms with van der Waals surface area (Å²) in [5, 5.41) is 0. The molecule has 4 N–H and O–H groups in total. The van der Waals surface area contributed by atoms with Gasteiger partial charge in [0, 0.05) is 39.7 Å². The van der Waals surface area contributed by atoms with E-state index >= 15 is 8.78 Å². The molecule has 0 radical (unpaired) electrons. The highest BCUT2D eigenvalue weighted by Crippen LogP contribution is 2.44. The molecule has 0 spiro atoms. The zero-order valence-electron chi connectivity index (χ0n) is 24.9. The monoisotopic (exact) mass is 600 g/mol. The second-order valence-electron chi connectivity index (χ2n) is 11.2. The third-order valence-corrected chi connectivity index (χ3v) is 8.43. The van der Waals surface area contributed by atoms with Crippen LogP contribution in [-0.4, -0.2) is 0 Å². The molecule has 0 bridgehead atoms. The Kier molecular flexibility index (Phi) is 7.61. The van der Waals surface area contributed by atoms with Crippen LogP contribution in [0.25, 0.3) is 66.8 Å². The fourth-order valence-electron chi connectivity index (χ4n) is 6.26. The fourth-order valence-corrected chi connectivity index (χ4v) is 6.26. The Bertz CT molecular complexity index is 2070. The maximum absolute atomic E-state index is 15.9.